The standard InChI is InChI=1S/C7H13B2O4.Li/c1-3-10-8(11-4-1)7-9-12-5-2-6-13-9;/h7H,1-6H2;/q-1;+1. The van der Waals surface area contributed by atoms with Crippen LogP contribution in [0.3, 0.4) is 0 Å². The molecule has 2 heterocycles. The first-order valence-corrected chi connectivity index (χ1v) is 4.76. The normalized spacial score (nSPS) is 23.1. The van der Waals surface area contributed by atoms with Crippen LogP contribution in [0.1, 0.15) is 12.8 Å². The zero-order valence-corrected chi connectivity index (χ0v) is 8.61. The molecule has 0 amide bonds. The van der Waals surface area contributed by atoms with E-state index in [4.69, 9.17) is 18.6 Å². The number of rotatable bonds is 2. The van der Waals surface area contributed by atoms with Gasteiger partial charge in [0.15, 0.2) is 0 Å². The van der Waals surface area contributed by atoms with Crippen LogP contribution in [0, 0.1) is 6.22 Å². The molecule has 0 aliphatic carbocycles. The van der Waals surface area contributed by atoms with Crippen molar-refractivity contribution in [3.63, 3.8) is 0 Å². The Labute approximate surface area is 97.5 Å². The van der Waals surface area contributed by atoms with Crippen LogP contribution < -0.4 is 18.9 Å². The zero-order valence-electron chi connectivity index (χ0n) is 8.61. The average Bonchev–Trinajstić information content (AvgIpc) is 2.21. The summed E-state index contributed by atoms with van der Waals surface area (Å²) in [4.78, 5) is 0. The van der Waals surface area contributed by atoms with Crippen molar-refractivity contribution in [1.29, 1.82) is 0 Å². The van der Waals surface area contributed by atoms with Gasteiger partial charge in [-0.3, -0.25) is 6.22 Å². The third-order valence-corrected chi connectivity index (χ3v) is 2.02. The van der Waals surface area contributed by atoms with Gasteiger partial charge in [0.25, 0.3) is 14.2 Å². The van der Waals surface area contributed by atoms with Gasteiger partial charge in [0.2, 0.25) is 0 Å². The van der Waals surface area contributed by atoms with E-state index in [0.717, 1.165) is 39.3 Å². The van der Waals surface area contributed by atoms with Crippen LogP contribution in [0.15, 0.2) is 0 Å². The van der Waals surface area contributed by atoms with Crippen LogP contribution in [0.5, 0.6) is 0 Å². The molecule has 0 unspecified atom stereocenters. The molecule has 0 bridgehead atoms. The summed E-state index contributed by atoms with van der Waals surface area (Å²) in [7, 11) is -0.506. The van der Waals surface area contributed by atoms with Gasteiger partial charge in [0, 0.05) is 26.4 Å². The van der Waals surface area contributed by atoms with Crippen LogP contribution in [0.4, 0.5) is 0 Å². The van der Waals surface area contributed by atoms with E-state index in [-0.39, 0.29) is 33.1 Å². The molecule has 2 rings (SSSR count). The maximum Gasteiger partial charge on any atom is 1.00 e. The monoisotopic (exact) mass is 190 g/mol. The molecule has 0 spiro atoms. The quantitative estimate of drug-likeness (QED) is 0.346. The fourth-order valence-electron chi connectivity index (χ4n) is 1.36. The van der Waals surface area contributed by atoms with Gasteiger partial charge in [-0.1, -0.05) is 0 Å². The first kappa shape index (κ1) is 12.6. The summed E-state index contributed by atoms with van der Waals surface area (Å²) >= 11 is 0. The Morgan fingerprint density at radius 2 is 1.07 bits per heavy atom. The van der Waals surface area contributed by atoms with Gasteiger partial charge in [-0.2, -0.15) is 0 Å². The molecule has 0 N–H and O–H groups in total. The maximum atomic E-state index is 5.34. The molecule has 7 heteroatoms. The summed E-state index contributed by atoms with van der Waals surface area (Å²) in [5.41, 5.74) is 0. The van der Waals surface area contributed by atoms with Gasteiger partial charge in [-0.15, -0.1) is 0 Å². The van der Waals surface area contributed by atoms with E-state index in [1.807, 2.05) is 6.22 Å². The minimum Gasteiger partial charge on any atom is -0.437 e. The van der Waals surface area contributed by atoms with Crippen molar-refractivity contribution in [2.75, 3.05) is 26.4 Å². The van der Waals surface area contributed by atoms with Crippen LogP contribution in [0.2, 0.25) is 0 Å². The molecule has 0 saturated carbocycles. The van der Waals surface area contributed by atoms with Crippen molar-refractivity contribution in [3.8, 4) is 0 Å². The fourth-order valence-corrected chi connectivity index (χ4v) is 1.36. The fraction of sp³-hybridized carbons (Fsp3) is 0.857. The van der Waals surface area contributed by atoms with E-state index in [9.17, 15) is 0 Å². The molecule has 2 fully saturated rings. The first-order chi connectivity index (χ1) is 6.45. The van der Waals surface area contributed by atoms with Gasteiger partial charge in [0.1, 0.15) is 0 Å². The Kier molecular flexibility index (Phi) is 6.27. The van der Waals surface area contributed by atoms with Gasteiger partial charge >= 0.3 is 18.9 Å². The number of hydrogen-bond acceptors (Lipinski definition) is 4. The topological polar surface area (TPSA) is 36.9 Å². The second-order valence-corrected chi connectivity index (χ2v) is 3.12. The van der Waals surface area contributed by atoms with E-state index < -0.39 is 0 Å². The van der Waals surface area contributed by atoms with E-state index in [1.54, 1.807) is 0 Å². The molecule has 0 aromatic heterocycles. The Morgan fingerprint density at radius 3 is 1.43 bits per heavy atom. The van der Waals surface area contributed by atoms with Gasteiger partial charge in [-0.25, -0.2) is 0 Å². The Bertz CT molecular complexity index is 135. The molecule has 14 heavy (non-hydrogen) atoms. The molecular weight excluding hydrogens is 177 g/mol. The molecule has 2 aliphatic rings. The summed E-state index contributed by atoms with van der Waals surface area (Å²) in [5, 5.41) is 0. The van der Waals surface area contributed by atoms with E-state index in [2.05, 4.69) is 0 Å². The molecule has 0 radical (unpaired) electrons. The van der Waals surface area contributed by atoms with Crippen LogP contribution in [-0.4, -0.2) is 40.7 Å². The third-order valence-electron chi connectivity index (χ3n) is 2.02. The van der Waals surface area contributed by atoms with Crippen molar-refractivity contribution in [1.82, 2.24) is 0 Å². The molecule has 0 atom stereocenters. The van der Waals surface area contributed by atoms with E-state index in [1.165, 1.54) is 0 Å². The summed E-state index contributed by atoms with van der Waals surface area (Å²) in [6.45, 7) is 3.03. The minimum absolute atomic E-state index is 0. The minimum atomic E-state index is -0.253. The zero-order chi connectivity index (χ0) is 8.93. The van der Waals surface area contributed by atoms with Crippen molar-refractivity contribution in [2.45, 2.75) is 12.8 Å². The average molecular weight is 190 g/mol. The third kappa shape index (κ3) is 3.98. The molecule has 0 aromatic rings. The second kappa shape index (κ2) is 6.94. The summed E-state index contributed by atoms with van der Waals surface area (Å²) in [6, 6.07) is 0. The summed E-state index contributed by atoms with van der Waals surface area (Å²) in [6.07, 6.45) is 3.77. The Balaban J connectivity index is 0.000000980. The molecule has 2 aliphatic heterocycles. The van der Waals surface area contributed by atoms with Crippen LogP contribution in [-0.2, 0) is 18.6 Å². The van der Waals surface area contributed by atoms with Gasteiger partial charge < -0.3 is 18.6 Å². The second-order valence-electron chi connectivity index (χ2n) is 3.12. The van der Waals surface area contributed by atoms with E-state index >= 15 is 0 Å². The first-order valence-electron chi connectivity index (χ1n) is 4.76. The molecule has 2 saturated heterocycles. The smallest absolute Gasteiger partial charge is 0.437 e. The Morgan fingerprint density at radius 1 is 0.714 bits per heavy atom. The van der Waals surface area contributed by atoms with Crippen molar-refractivity contribution in [3.05, 3.63) is 6.22 Å². The summed E-state index contributed by atoms with van der Waals surface area (Å²) in [5.74, 6) is 0. The molecular formula is C7H13B2LiO4. The predicted molar refractivity (Wildman–Crippen MR) is 48.9 cm³/mol. The molecule has 72 valence electrons. The van der Waals surface area contributed by atoms with Crippen molar-refractivity contribution < 1.29 is 37.5 Å². The van der Waals surface area contributed by atoms with Crippen LogP contribution in [0.25, 0.3) is 0 Å². The summed E-state index contributed by atoms with van der Waals surface area (Å²) < 4.78 is 21.4. The largest absolute Gasteiger partial charge is 1.00 e. The predicted octanol–water partition coefficient (Wildman–Crippen LogP) is -2.88. The van der Waals surface area contributed by atoms with E-state index in [0.29, 0.717) is 0 Å². The van der Waals surface area contributed by atoms with Gasteiger partial charge in [0.05, 0.1) is 0 Å². The Hall–Kier alpha value is 0.567. The van der Waals surface area contributed by atoms with Gasteiger partial charge in [-0.05, 0) is 12.8 Å². The molecule has 0 aromatic carbocycles. The number of hydrogen-bond donors (Lipinski definition) is 0. The SMILES string of the molecule is [CH-](B1OCCCO1)B1OCCCO1.[Li+]. The van der Waals surface area contributed by atoms with Crippen molar-refractivity contribution in [2.24, 2.45) is 0 Å². The maximum absolute atomic E-state index is 5.34. The molecule has 4 nitrogen and oxygen atoms in total. The van der Waals surface area contributed by atoms with Crippen molar-refractivity contribution >= 4 is 14.2 Å². The van der Waals surface area contributed by atoms with Crippen LogP contribution >= 0.6 is 0 Å².